The molecule has 0 saturated heterocycles. The van der Waals surface area contributed by atoms with Crippen molar-refractivity contribution in [3.8, 4) is 0 Å². The number of hydrogen-bond acceptors (Lipinski definition) is 4. The predicted octanol–water partition coefficient (Wildman–Crippen LogP) is 2.40. The van der Waals surface area contributed by atoms with E-state index in [0.717, 1.165) is 24.5 Å². The summed E-state index contributed by atoms with van der Waals surface area (Å²) in [7, 11) is 0. The van der Waals surface area contributed by atoms with Gasteiger partial charge in [0.1, 0.15) is 11.8 Å². The van der Waals surface area contributed by atoms with Crippen LogP contribution in [0.1, 0.15) is 44.4 Å². The Kier molecular flexibility index (Phi) is 3.13. The molecule has 1 aromatic heterocycles. The van der Waals surface area contributed by atoms with Crippen LogP contribution in [-0.4, -0.2) is 13.9 Å². The van der Waals surface area contributed by atoms with Gasteiger partial charge in [-0.1, -0.05) is 19.8 Å². The molecule has 3 nitrogen and oxygen atoms in total. The summed E-state index contributed by atoms with van der Waals surface area (Å²) in [5.74, 6) is 1.22. The van der Waals surface area contributed by atoms with Gasteiger partial charge in [0.15, 0.2) is 0 Å². The van der Waals surface area contributed by atoms with Crippen LogP contribution in [0.2, 0.25) is 0 Å². The lowest BCUT2D eigenvalue weighted by molar-refractivity contribution is 0.0727. The van der Waals surface area contributed by atoms with E-state index < -0.39 is 0 Å². The molecule has 0 aliphatic heterocycles. The van der Waals surface area contributed by atoms with Crippen LogP contribution < -0.4 is 0 Å². The molecular weight excluding hydrogens is 196 g/mol. The summed E-state index contributed by atoms with van der Waals surface area (Å²) in [5, 5.41) is 10.0. The molecule has 0 radical (unpaired) electrons. The minimum absolute atomic E-state index is 0.388. The van der Waals surface area contributed by atoms with Crippen LogP contribution in [0.15, 0.2) is 6.20 Å². The van der Waals surface area contributed by atoms with Crippen molar-refractivity contribution in [2.75, 3.05) is 0 Å². The molecule has 1 unspecified atom stereocenters. The molecule has 4 heteroatoms. The fourth-order valence-corrected chi connectivity index (χ4v) is 2.60. The Labute approximate surface area is 88.5 Å². The highest BCUT2D eigenvalue weighted by Gasteiger charge is 2.26. The monoisotopic (exact) mass is 212 g/mol. The summed E-state index contributed by atoms with van der Waals surface area (Å²) in [6.45, 7) is 2.28. The van der Waals surface area contributed by atoms with Gasteiger partial charge in [-0.25, -0.2) is 0 Å². The van der Waals surface area contributed by atoms with E-state index in [2.05, 4.69) is 15.7 Å². The molecular formula is C10H16N2OS. The molecule has 1 aliphatic carbocycles. The molecule has 1 atom stereocenters. The van der Waals surface area contributed by atoms with Gasteiger partial charge in [-0.05, 0) is 24.7 Å². The Balaban J connectivity index is 1.95. The summed E-state index contributed by atoms with van der Waals surface area (Å²) < 4.78 is 8.01. The largest absolute Gasteiger partial charge is 0.386 e. The van der Waals surface area contributed by atoms with Gasteiger partial charge in [0.05, 0.1) is 17.9 Å². The van der Waals surface area contributed by atoms with Gasteiger partial charge in [0, 0.05) is 0 Å². The standard InChI is InChI=1S/C10H16N2OS/c1-7-2-4-8(5-3-7)10(13)9-6-11-14-12-9/h6-8,10,13H,2-5H2,1H3. The van der Waals surface area contributed by atoms with Gasteiger partial charge in [0.2, 0.25) is 0 Å². The third-order valence-electron chi connectivity index (χ3n) is 3.19. The van der Waals surface area contributed by atoms with Crippen molar-refractivity contribution in [2.45, 2.75) is 38.7 Å². The molecule has 1 heterocycles. The summed E-state index contributed by atoms with van der Waals surface area (Å²) in [6, 6.07) is 0. The van der Waals surface area contributed by atoms with E-state index in [1.54, 1.807) is 6.20 Å². The zero-order chi connectivity index (χ0) is 9.97. The minimum Gasteiger partial charge on any atom is -0.386 e. The lowest BCUT2D eigenvalue weighted by Crippen LogP contribution is -2.19. The SMILES string of the molecule is CC1CCC(C(O)c2cnsn2)CC1. The van der Waals surface area contributed by atoms with Crippen LogP contribution in [-0.2, 0) is 0 Å². The number of aromatic nitrogens is 2. The molecule has 1 aromatic rings. The lowest BCUT2D eigenvalue weighted by Gasteiger charge is -2.28. The summed E-state index contributed by atoms with van der Waals surface area (Å²) >= 11 is 1.17. The first-order valence-electron chi connectivity index (χ1n) is 5.23. The zero-order valence-corrected chi connectivity index (χ0v) is 9.20. The Morgan fingerprint density at radius 1 is 1.43 bits per heavy atom. The van der Waals surface area contributed by atoms with Crippen molar-refractivity contribution in [1.82, 2.24) is 8.75 Å². The Bertz CT molecular complexity index is 268. The van der Waals surface area contributed by atoms with Crippen molar-refractivity contribution >= 4 is 11.7 Å². The molecule has 2 rings (SSSR count). The van der Waals surface area contributed by atoms with E-state index in [0.29, 0.717) is 5.92 Å². The maximum absolute atomic E-state index is 10.0. The third kappa shape index (κ3) is 2.12. The Morgan fingerprint density at radius 3 is 2.71 bits per heavy atom. The van der Waals surface area contributed by atoms with Crippen molar-refractivity contribution in [3.05, 3.63) is 11.9 Å². The fraction of sp³-hybridized carbons (Fsp3) is 0.800. The molecule has 0 amide bonds. The number of hydrogen-bond donors (Lipinski definition) is 1. The highest BCUT2D eigenvalue weighted by Crippen LogP contribution is 2.35. The van der Waals surface area contributed by atoms with Crippen molar-refractivity contribution in [3.63, 3.8) is 0 Å². The van der Waals surface area contributed by atoms with Gasteiger partial charge >= 0.3 is 0 Å². The summed E-state index contributed by atoms with van der Waals surface area (Å²) in [6.07, 6.45) is 6.02. The molecule has 0 aromatic carbocycles. The molecule has 1 aliphatic rings. The second kappa shape index (κ2) is 4.36. The van der Waals surface area contributed by atoms with Crippen LogP contribution in [0.3, 0.4) is 0 Å². The molecule has 1 saturated carbocycles. The van der Waals surface area contributed by atoms with E-state index >= 15 is 0 Å². The van der Waals surface area contributed by atoms with Crippen molar-refractivity contribution < 1.29 is 5.11 Å². The number of rotatable bonds is 2. The second-order valence-corrected chi connectivity index (χ2v) is 4.85. The van der Waals surface area contributed by atoms with Crippen LogP contribution in [0.5, 0.6) is 0 Å². The molecule has 0 bridgehead atoms. The van der Waals surface area contributed by atoms with Crippen LogP contribution in [0.4, 0.5) is 0 Å². The van der Waals surface area contributed by atoms with Gasteiger partial charge in [-0.15, -0.1) is 0 Å². The highest BCUT2D eigenvalue weighted by molar-refractivity contribution is 6.99. The first-order chi connectivity index (χ1) is 6.77. The fourth-order valence-electron chi connectivity index (χ4n) is 2.15. The first-order valence-corrected chi connectivity index (χ1v) is 5.96. The second-order valence-electron chi connectivity index (χ2n) is 4.30. The van der Waals surface area contributed by atoms with Crippen molar-refractivity contribution in [1.29, 1.82) is 0 Å². The third-order valence-corrected chi connectivity index (χ3v) is 3.68. The number of aliphatic hydroxyl groups is 1. The quantitative estimate of drug-likeness (QED) is 0.818. The van der Waals surface area contributed by atoms with Gasteiger partial charge in [-0.3, -0.25) is 0 Å². The Hall–Kier alpha value is -0.480. The summed E-state index contributed by atoms with van der Waals surface area (Å²) in [5.41, 5.74) is 0.759. The van der Waals surface area contributed by atoms with Crippen LogP contribution in [0, 0.1) is 11.8 Å². The smallest absolute Gasteiger partial charge is 0.103 e. The average Bonchev–Trinajstić information content (AvgIpc) is 2.71. The molecule has 0 spiro atoms. The maximum Gasteiger partial charge on any atom is 0.103 e. The first kappa shape index (κ1) is 10.1. The summed E-state index contributed by atoms with van der Waals surface area (Å²) in [4.78, 5) is 0. The molecule has 1 fully saturated rings. The van der Waals surface area contributed by atoms with E-state index in [-0.39, 0.29) is 6.10 Å². The minimum atomic E-state index is -0.388. The molecule has 14 heavy (non-hydrogen) atoms. The topological polar surface area (TPSA) is 46.0 Å². The zero-order valence-electron chi connectivity index (χ0n) is 8.39. The average molecular weight is 212 g/mol. The normalized spacial score (nSPS) is 30.1. The van der Waals surface area contributed by atoms with Gasteiger partial charge < -0.3 is 5.11 Å². The Morgan fingerprint density at radius 2 is 2.14 bits per heavy atom. The number of aliphatic hydroxyl groups excluding tert-OH is 1. The highest BCUT2D eigenvalue weighted by atomic mass is 32.1. The predicted molar refractivity (Wildman–Crippen MR) is 56.0 cm³/mol. The van der Waals surface area contributed by atoms with E-state index in [9.17, 15) is 5.11 Å². The van der Waals surface area contributed by atoms with Gasteiger partial charge in [0.25, 0.3) is 0 Å². The van der Waals surface area contributed by atoms with Crippen molar-refractivity contribution in [2.24, 2.45) is 11.8 Å². The van der Waals surface area contributed by atoms with E-state index in [1.165, 1.54) is 24.6 Å². The lowest BCUT2D eigenvalue weighted by atomic mass is 9.79. The van der Waals surface area contributed by atoms with Gasteiger partial charge in [-0.2, -0.15) is 8.75 Å². The van der Waals surface area contributed by atoms with Crippen LogP contribution in [0.25, 0.3) is 0 Å². The maximum atomic E-state index is 10.0. The number of nitrogens with zero attached hydrogens (tertiary/aromatic N) is 2. The van der Waals surface area contributed by atoms with Crippen LogP contribution >= 0.6 is 11.7 Å². The molecule has 78 valence electrons. The van der Waals surface area contributed by atoms with E-state index in [1.807, 2.05) is 0 Å². The molecule has 1 N–H and O–H groups in total. The van der Waals surface area contributed by atoms with E-state index in [4.69, 9.17) is 0 Å².